The molecule has 0 spiro atoms. The van der Waals surface area contributed by atoms with Gasteiger partial charge in [0.15, 0.2) is 0 Å². The van der Waals surface area contributed by atoms with E-state index in [2.05, 4.69) is 56.2 Å². The van der Waals surface area contributed by atoms with Crippen molar-refractivity contribution in [1.82, 2.24) is 9.80 Å². The number of methoxy groups -OCH3 is 1. The average molecular weight is 489 g/mol. The molecular formula is C27H40N2O4S. The lowest BCUT2D eigenvalue weighted by molar-refractivity contribution is -0.136. The number of amides is 1. The van der Waals surface area contributed by atoms with E-state index in [0.29, 0.717) is 25.6 Å². The summed E-state index contributed by atoms with van der Waals surface area (Å²) >= 11 is 1.76. The molecule has 1 amide bonds. The fraction of sp³-hybridized carbons (Fsp3) is 0.593. The van der Waals surface area contributed by atoms with Crippen molar-refractivity contribution >= 4 is 17.2 Å². The summed E-state index contributed by atoms with van der Waals surface area (Å²) in [5, 5.41) is 12.4. The maximum absolute atomic E-state index is 13.6. The normalized spacial score (nSPS) is 16.7. The van der Waals surface area contributed by atoms with Crippen molar-refractivity contribution in [2.24, 2.45) is 5.92 Å². The Kier molecular flexibility index (Phi) is 9.95. The topological polar surface area (TPSA) is 62.2 Å². The molecule has 1 N–H and O–H groups in total. The fourth-order valence-electron chi connectivity index (χ4n) is 4.51. The first-order valence-corrected chi connectivity index (χ1v) is 13.1. The second-order valence-corrected chi connectivity index (χ2v) is 10.8. The molecule has 7 heteroatoms. The number of rotatable bonds is 12. The number of hydrogen-bond donors (Lipinski definition) is 1. The van der Waals surface area contributed by atoms with E-state index in [9.17, 15) is 9.90 Å². The van der Waals surface area contributed by atoms with Crippen LogP contribution in [0.1, 0.15) is 47.9 Å². The van der Waals surface area contributed by atoms with Crippen LogP contribution in [0.5, 0.6) is 5.75 Å². The number of thiophene rings is 1. The minimum Gasteiger partial charge on any atom is -0.491 e. The lowest BCUT2D eigenvalue weighted by Gasteiger charge is -2.37. The second-order valence-electron chi connectivity index (χ2n) is 9.76. The zero-order valence-electron chi connectivity index (χ0n) is 21.3. The molecule has 1 aliphatic heterocycles. The molecule has 2 heterocycles. The standard InChI is InChI=1S/C27H40N2O4S/c1-19(2)8-11-28(15-22(30)17-32-5)16-27(31)29-12-9-26-23(10-13-34-26)24(29)18-33-25-7-6-20(3)14-21(25)4/h6-7,10,13-14,19,22,24,30H,8-9,11-12,15-18H2,1-5H3/t22-,24-/m0/s1. The van der Waals surface area contributed by atoms with Crippen molar-refractivity contribution in [3.8, 4) is 5.75 Å². The van der Waals surface area contributed by atoms with Gasteiger partial charge in [-0.2, -0.15) is 0 Å². The number of ether oxygens (including phenoxy) is 2. The minimum atomic E-state index is -0.613. The van der Waals surface area contributed by atoms with Crippen LogP contribution in [0.2, 0.25) is 0 Å². The number of aliphatic hydroxyl groups excluding tert-OH is 1. The summed E-state index contributed by atoms with van der Waals surface area (Å²) in [5.41, 5.74) is 3.50. The monoisotopic (exact) mass is 488 g/mol. The van der Waals surface area contributed by atoms with Crippen molar-refractivity contribution in [1.29, 1.82) is 0 Å². The molecule has 0 saturated carbocycles. The molecule has 0 bridgehead atoms. The second kappa shape index (κ2) is 12.7. The van der Waals surface area contributed by atoms with Crippen LogP contribution in [-0.4, -0.2) is 73.4 Å². The number of nitrogens with zero attached hydrogens (tertiary/aromatic N) is 2. The Morgan fingerprint density at radius 3 is 2.79 bits per heavy atom. The molecule has 6 nitrogen and oxygen atoms in total. The number of carbonyl (C=O) groups is 1. The van der Waals surface area contributed by atoms with Crippen LogP contribution in [0.25, 0.3) is 0 Å². The predicted octanol–water partition coefficient (Wildman–Crippen LogP) is 4.23. The van der Waals surface area contributed by atoms with Gasteiger partial charge in [-0.25, -0.2) is 0 Å². The maximum atomic E-state index is 13.6. The molecule has 0 unspecified atom stereocenters. The van der Waals surface area contributed by atoms with E-state index in [1.165, 1.54) is 16.0 Å². The summed E-state index contributed by atoms with van der Waals surface area (Å²) in [6.07, 6.45) is 1.23. The van der Waals surface area contributed by atoms with E-state index in [1.807, 2.05) is 11.0 Å². The molecule has 2 atom stereocenters. The quantitative estimate of drug-likeness (QED) is 0.485. The van der Waals surface area contributed by atoms with E-state index in [1.54, 1.807) is 18.4 Å². The first kappa shape index (κ1) is 26.7. The first-order chi connectivity index (χ1) is 16.3. The smallest absolute Gasteiger partial charge is 0.237 e. The molecule has 0 saturated heterocycles. The summed E-state index contributed by atoms with van der Waals surface area (Å²) in [4.78, 5) is 19.0. The summed E-state index contributed by atoms with van der Waals surface area (Å²) in [5.74, 6) is 1.47. The Labute approximate surface area is 208 Å². The Bertz CT molecular complexity index is 929. The van der Waals surface area contributed by atoms with Crippen molar-refractivity contribution in [3.63, 3.8) is 0 Å². The van der Waals surface area contributed by atoms with E-state index >= 15 is 0 Å². The van der Waals surface area contributed by atoms with Gasteiger partial charge in [-0.1, -0.05) is 31.5 Å². The fourth-order valence-corrected chi connectivity index (χ4v) is 5.43. The lowest BCUT2D eigenvalue weighted by Crippen LogP contribution is -2.48. The van der Waals surface area contributed by atoms with Gasteiger partial charge in [0.2, 0.25) is 5.91 Å². The molecule has 34 heavy (non-hydrogen) atoms. The van der Waals surface area contributed by atoms with Gasteiger partial charge in [0.05, 0.1) is 25.3 Å². The lowest BCUT2D eigenvalue weighted by atomic mass is 10.00. The third-order valence-electron chi connectivity index (χ3n) is 6.35. The van der Waals surface area contributed by atoms with Gasteiger partial charge >= 0.3 is 0 Å². The molecule has 3 rings (SSSR count). The maximum Gasteiger partial charge on any atom is 0.237 e. The minimum absolute atomic E-state index is 0.0828. The highest BCUT2D eigenvalue weighted by Gasteiger charge is 2.33. The van der Waals surface area contributed by atoms with Gasteiger partial charge in [0.1, 0.15) is 12.4 Å². The van der Waals surface area contributed by atoms with E-state index < -0.39 is 6.10 Å². The summed E-state index contributed by atoms with van der Waals surface area (Å²) < 4.78 is 11.4. The molecular weight excluding hydrogens is 448 g/mol. The largest absolute Gasteiger partial charge is 0.491 e. The van der Waals surface area contributed by atoms with Crippen molar-refractivity contribution in [2.75, 3.05) is 46.5 Å². The zero-order valence-corrected chi connectivity index (χ0v) is 22.1. The highest BCUT2D eigenvalue weighted by atomic mass is 32.1. The molecule has 188 valence electrons. The molecule has 1 aliphatic rings. The molecule has 1 aromatic heterocycles. The van der Waals surface area contributed by atoms with Crippen LogP contribution >= 0.6 is 11.3 Å². The number of carbonyl (C=O) groups excluding carboxylic acids is 1. The predicted molar refractivity (Wildman–Crippen MR) is 138 cm³/mol. The Morgan fingerprint density at radius 2 is 2.09 bits per heavy atom. The number of benzene rings is 1. The van der Waals surface area contributed by atoms with E-state index in [0.717, 1.165) is 30.7 Å². The molecule has 2 aromatic rings. The molecule has 0 radical (unpaired) electrons. The van der Waals surface area contributed by atoms with E-state index in [-0.39, 0.29) is 25.1 Å². The third-order valence-corrected chi connectivity index (χ3v) is 7.35. The Balaban J connectivity index is 1.73. The highest BCUT2D eigenvalue weighted by Crippen LogP contribution is 2.34. The van der Waals surface area contributed by atoms with Crippen molar-refractivity contribution < 1.29 is 19.4 Å². The summed E-state index contributed by atoms with van der Waals surface area (Å²) in [6.45, 7) is 11.3. The number of fused-ring (bicyclic) bond motifs is 1. The zero-order chi connectivity index (χ0) is 24.7. The van der Waals surface area contributed by atoms with Crippen LogP contribution in [0, 0.1) is 19.8 Å². The molecule has 0 fully saturated rings. The van der Waals surface area contributed by atoms with Crippen molar-refractivity contribution in [2.45, 2.75) is 52.7 Å². The van der Waals surface area contributed by atoms with Crippen LogP contribution < -0.4 is 4.74 Å². The first-order valence-electron chi connectivity index (χ1n) is 12.2. The van der Waals surface area contributed by atoms with Crippen LogP contribution in [0.15, 0.2) is 29.6 Å². The number of hydrogen-bond acceptors (Lipinski definition) is 6. The molecule has 1 aromatic carbocycles. The van der Waals surface area contributed by atoms with Crippen LogP contribution in [0.4, 0.5) is 0 Å². The van der Waals surface area contributed by atoms with E-state index in [4.69, 9.17) is 9.47 Å². The van der Waals surface area contributed by atoms with Gasteiger partial charge in [0.25, 0.3) is 0 Å². The summed E-state index contributed by atoms with van der Waals surface area (Å²) in [7, 11) is 1.58. The molecule has 0 aliphatic carbocycles. The Morgan fingerprint density at radius 1 is 1.29 bits per heavy atom. The summed E-state index contributed by atoms with van der Waals surface area (Å²) in [6, 6.07) is 8.21. The average Bonchev–Trinajstić information content (AvgIpc) is 3.26. The van der Waals surface area contributed by atoms with Gasteiger partial charge in [-0.05, 0) is 67.8 Å². The SMILES string of the molecule is COC[C@@H](O)CN(CCC(C)C)CC(=O)N1CCc2sccc2[C@@H]1COc1ccc(C)cc1C. The van der Waals surface area contributed by atoms with Crippen LogP contribution in [-0.2, 0) is 16.0 Å². The Hall–Kier alpha value is -1.93. The van der Waals surface area contributed by atoms with Gasteiger partial charge < -0.3 is 19.5 Å². The van der Waals surface area contributed by atoms with Crippen LogP contribution in [0.3, 0.4) is 0 Å². The highest BCUT2D eigenvalue weighted by molar-refractivity contribution is 7.10. The van der Waals surface area contributed by atoms with Gasteiger partial charge in [-0.3, -0.25) is 9.69 Å². The third kappa shape index (κ3) is 7.28. The van der Waals surface area contributed by atoms with Crippen molar-refractivity contribution in [3.05, 3.63) is 51.2 Å². The number of aryl methyl sites for hydroxylation is 2. The number of aliphatic hydroxyl groups is 1. The van der Waals surface area contributed by atoms with Gasteiger partial charge in [0, 0.05) is 25.1 Å². The van der Waals surface area contributed by atoms with Gasteiger partial charge in [-0.15, -0.1) is 11.3 Å².